The molecule has 0 aliphatic carbocycles. The maximum Gasteiger partial charge on any atom is 0.255 e. The van der Waals surface area contributed by atoms with Gasteiger partial charge in [-0.3, -0.25) is 4.79 Å². The van der Waals surface area contributed by atoms with Crippen molar-refractivity contribution in [2.75, 3.05) is 6.54 Å². The largest absolute Gasteiger partial charge is 0.441 e. The third-order valence-electron chi connectivity index (χ3n) is 3.45. The van der Waals surface area contributed by atoms with Crippen LogP contribution in [0.15, 0.2) is 40.8 Å². The van der Waals surface area contributed by atoms with Crippen LogP contribution in [-0.2, 0) is 6.42 Å². The van der Waals surface area contributed by atoms with E-state index in [-0.39, 0.29) is 10.6 Å². The Morgan fingerprint density at radius 1 is 1.35 bits per heavy atom. The molecule has 1 heterocycles. The topological polar surface area (TPSA) is 55.1 Å². The van der Waals surface area contributed by atoms with Crippen molar-refractivity contribution in [1.29, 1.82) is 0 Å². The summed E-state index contributed by atoms with van der Waals surface area (Å²) in [7, 11) is 0. The molecule has 0 saturated heterocycles. The first-order valence-electron chi connectivity index (χ1n) is 7.13. The quantitative estimate of drug-likeness (QED) is 0.788. The second-order valence-corrected chi connectivity index (χ2v) is 5.54. The van der Waals surface area contributed by atoms with Crippen LogP contribution in [0.25, 0.3) is 11.1 Å². The lowest BCUT2D eigenvalue weighted by Crippen LogP contribution is -2.26. The number of aromatic nitrogens is 1. The Morgan fingerprint density at radius 3 is 2.96 bits per heavy atom. The number of fused-ring (bicyclic) bond motifs is 1. The molecule has 2 aromatic carbocycles. The van der Waals surface area contributed by atoms with E-state index in [1.807, 2.05) is 18.2 Å². The molecule has 23 heavy (non-hydrogen) atoms. The lowest BCUT2D eigenvalue weighted by molar-refractivity contribution is 0.0950. The summed E-state index contributed by atoms with van der Waals surface area (Å²) in [6.45, 7) is 2.16. The molecule has 0 fully saturated rings. The molecule has 3 aromatic rings. The molecular formula is C17H14ClFN2O2. The summed E-state index contributed by atoms with van der Waals surface area (Å²) in [6, 6.07) is 9.83. The van der Waals surface area contributed by atoms with E-state index in [4.69, 9.17) is 16.0 Å². The number of oxazole rings is 1. The Morgan fingerprint density at radius 2 is 2.17 bits per heavy atom. The molecule has 1 aromatic heterocycles. The predicted octanol–water partition coefficient (Wildman–Crippen LogP) is 3.90. The van der Waals surface area contributed by atoms with Crippen molar-refractivity contribution in [3.63, 3.8) is 0 Å². The lowest BCUT2D eigenvalue weighted by Gasteiger charge is -2.07. The summed E-state index contributed by atoms with van der Waals surface area (Å²) in [5, 5.41) is 2.77. The number of benzene rings is 2. The Bertz CT molecular complexity index is 856. The first-order valence-corrected chi connectivity index (χ1v) is 7.50. The van der Waals surface area contributed by atoms with Crippen molar-refractivity contribution in [1.82, 2.24) is 10.3 Å². The number of amides is 1. The van der Waals surface area contributed by atoms with E-state index in [0.717, 1.165) is 16.7 Å². The van der Waals surface area contributed by atoms with Gasteiger partial charge in [-0.15, -0.1) is 0 Å². The molecule has 0 radical (unpaired) electrons. The van der Waals surface area contributed by atoms with Gasteiger partial charge in [-0.1, -0.05) is 23.7 Å². The van der Waals surface area contributed by atoms with Gasteiger partial charge in [-0.25, -0.2) is 9.37 Å². The third-order valence-corrected chi connectivity index (χ3v) is 3.76. The van der Waals surface area contributed by atoms with Crippen LogP contribution in [0.1, 0.15) is 21.8 Å². The number of nitrogens with zero attached hydrogens (tertiary/aromatic N) is 1. The van der Waals surface area contributed by atoms with Crippen LogP contribution >= 0.6 is 11.6 Å². The molecule has 0 aliphatic rings. The highest BCUT2D eigenvalue weighted by molar-refractivity contribution is 6.33. The summed E-state index contributed by atoms with van der Waals surface area (Å²) in [5.41, 5.74) is 2.39. The molecule has 1 amide bonds. The highest BCUT2D eigenvalue weighted by atomic mass is 35.5. The maximum absolute atomic E-state index is 13.7. The minimum Gasteiger partial charge on any atom is -0.441 e. The molecule has 0 atom stereocenters. The number of halogens is 2. The van der Waals surface area contributed by atoms with Crippen LogP contribution in [0, 0.1) is 12.7 Å². The van der Waals surface area contributed by atoms with Crippen LogP contribution in [0.4, 0.5) is 4.39 Å². The number of carbonyl (C=O) groups is 1. The standard InChI is InChI=1S/C17H14ClFN2O2/c1-10-21-14-9-11(5-6-15(14)23-10)7-8-20-17(22)16-12(18)3-2-4-13(16)19/h2-6,9H,7-8H2,1H3,(H,20,22). The number of hydrogen-bond acceptors (Lipinski definition) is 3. The van der Waals surface area contributed by atoms with Gasteiger partial charge in [0.15, 0.2) is 11.5 Å². The average molecular weight is 333 g/mol. The molecule has 118 valence electrons. The fourth-order valence-electron chi connectivity index (χ4n) is 2.37. The normalized spacial score (nSPS) is 10.9. The van der Waals surface area contributed by atoms with Crippen LogP contribution < -0.4 is 5.32 Å². The average Bonchev–Trinajstić information content (AvgIpc) is 2.86. The van der Waals surface area contributed by atoms with Crippen molar-refractivity contribution in [2.45, 2.75) is 13.3 Å². The molecule has 0 saturated carbocycles. The molecule has 6 heteroatoms. The molecule has 0 spiro atoms. The highest BCUT2D eigenvalue weighted by Gasteiger charge is 2.15. The number of carbonyl (C=O) groups excluding carboxylic acids is 1. The van der Waals surface area contributed by atoms with Crippen molar-refractivity contribution in [3.8, 4) is 0 Å². The second kappa shape index (κ2) is 6.38. The van der Waals surface area contributed by atoms with Crippen LogP contribution in [0.5, 0.6) is 0 Å². The smallest absolute Gasteiger partial charge is 0.255 e. The van der Waals surface area contributed by atoms with Gasteiger partial charge in [-0.2, -0.15) is 0 Å². The van der Waals surface area contributed by atoms with E-state index in [1.165, 1.54) is 18.2 Å². The van der Waals surface area contributed by atoms with Crippen molar-refractivity contribution in [3.05, 3.63) is 64.3 Å². The summed E-state index contributed by atoms with van der Waals surface area (Å²) >= 11 is 5.87. The van der Waals surface area contributed by atoms with Gasteiger partial charge < -0.3 is 9.73 Å². The van der Waals surface area contributed by atoms with E-state index in [1.54, 1.807) is 6.92 Å². The molecule has 0 bridgehead atoms. The first kappa shape index (κ1) is 15.5. The van der Waals surface area contributed by atoms with Crippen molar-refractivity contribution < 1.29 is 13.6 Å². The fourth-order valence-corrected chi connectivity index (χ4v) is 2.62. The van der Waals surface area contributed by atoms with E-state index >= 15 is 0 Å². The molecule has 1 N–H and O–H groups in total. The molecule has 4 nitrogen and oxygen atoms in total. The molecule has 0 unspecified atom stereocenters. The lowest BCUT2D eigenvalue weighted by atomic mass is 10.1. The van der Waals surface area contributed by atoms with Crippen LogP contribution in [0.2, 0.25) is 5.02 Å². The van der Waals surface area contributed by atoms with Gasteiger partial charge in [0.25, 0.3) is 5.91 Å². The number of hydrogen-bond donors (Lipinski definition) is 1. The zero-order valence-corrected chi connectivity index (χ0v) is 13.2. The predicted molar refractivity (Wildman–Crippen MR) is 86.2 cm³/mol. The van der Waals surface area contributed by atoms with Gasteiger partial charge in [-0.05, 0) is 36.2 Å². The fraction of sp³-hybridized carbons (Fsp3) is 0.176. The summed E-state index contributed by atoms with van der Waals surface area (Å²) in [4.78, 5) is 16.3. The van der Waals surface area contributed by atoms with E-state index < -0.39 is 11.7 Å². The van der Waals surface area contributed by atoms with Crippen LogP contribution in [-0.4, -0.2) is 17.4 Å². The number of nitrogens with one attached hydrogen (secondary N) is 1. The summed E-state index contributed by atoms with van der Waals surface area (Å²) < 4.78 is 19.1. The molecule has 0 aliphatic heterocycles. The zero-order chi connectivity index (χ0) is 16.4. The first-order chi connectivity index (χ1) is 11.0. The summed E-state index contributed by atoms with van der Waals surface area (Å²) in [5.74, 6) is -0.541. The van der Waals surface area contributed by atoms with Gasteiger partial charge in [0.05, 0.1) is 10.6 Å². The minimum atomic E-state index is -0.630. The Kier molecular flexibility index (Phi) is 4.30. The zero-order valence-electron chi connectivity index (χ0n) is 12.4. The van der Waals surface area contributed by atoms with Crippen LogP contribution in [0.3, 0.4) is 0 Å². The van der Waals surface area contributed by atoms with Gasteiger partial charge in [0, 0.05) is 13.5 Å². The Hall–Kier alpha value is -2.40. The van der Waals surface area contributed by atoms with Gasteiger partial charge in [0.2, 0.25) is 0 Å². The molecule has 3 rings (SSSR count). The Balaban J connectivity index is 1.65. The second-order valence-electron chi connectivity index (χ2n) is 5.14. The van der Waals surface area contributed by atoms with Crippen molar-refractivity contribution in [2.24, 2.45) is 0 Å². The monoisotopic (exact) mass is 332 g/mol. The van der Waals surface area contributed by atoms with Gasteiger partial charge >= 0.3 is 0 Å². The van der Waals surface area contributed by atoms with E-state index in [2.05, 4.69) is 10.3 Å². The highest BCUT2D eigenvalue weighted by Crippen LogP contribution is 2.19. The minimum absolute atomic E-state index is 0.0991. The molecular weight excluding hydrogens is 319 g/mol. The SMILES string of the molecule is Cc1nc2cc(CCNC(=O)c3c(F)cccc3Cl)ccc2o1. The van der Waals surface area contributed by atoms with Crippen molar-refractivity contribution >= 4 is 28.6 Å². The third kappa shape index (κ3) is 3.35. The van der Waals surface area contributed by atoms with E-state index in [9.17, 15) is 9.18 Å². The Labute approximate surface area is 137 Å². The summed E-state index contributed by atoms with van der Waals surface area (Å²) in [6.07, 6.45) is 0.597. The van der Waals surface area contributed by atoms with Gasteiger partial charge in [0.1, 0.15) is 11.3 Å². The number of rotatable bonds is 4. The van der Waals surface area contributed by atoms with E-state index in [0.29, 0.717) is 18.9 Å². The number of aryl methyl sites for hydroxylation is 1. The maximum atomic E-state index is 13.7.